The van der Waals surface area contributed by atoms with E-state index in [-0.39, 0.29) is 0 Å². The molecule has 14 heavy (non-hydrogen) atoms. The van der Waals surface area contributed by atoms with Gasteiger partial charge in [0.15, 0.2) is 0 Å². The van der Waals surface area contributed by atoms with E-state index in [9.17, 15) is 5.11 Å². The second-order valence-corrected chi connectivity index (χ2v) is 4.91. The Bertz CT molecular complexity index is 317. The summed E-state index contributed by atoms with van der Waals surface area (Å²) in [6.45, 7) is 0. The zero-order valence-electron chi connectivity index (χ0n) is 8.28. The van der Waals surface area contributed by atoms with Crippen molar-refractivity contribution < 1.29 is 9.52 Å². The third kappa shape index (κ3) is 1.29. The monoisotopic (exact) mass is 192 g/mol. The molecule has 2 heteroatoms. The van der Waals surface area contributed by atoms with Crippen molar-refractivity contribution in [1.82, 2.24) is 0 Å². The Morgan fingerprint density at radius 1 is 1.57 bits per heavy atom. The topological polar surface area (TPSA) is 33.4 Å². The minimum absolute atomic E-state index is 0.424. The predicted octanol–water partition coefficient (Wildman–Crippen LogP) is 2.37. The molecule has 0 amide bonds. The Kier molecular flexibility index (Phi) is 1.75. The maximum absolute atomic E-state index is 10.5. The summed E-state index contributed by atoms with van der Waals surface area (Å²) in [7, 11) is 0. The van der Waals surface area contributed by atoms with Gasteiger partial charge in [-0.3, -0.25) is 0 Å². The van der Waals surface area contributed by atoms with Gasteiger partial charge in [0.1, 0.15) is 0 Å². The third-order valence-corrected chi connectivity index (χ3v) is 3.89. The molecule has 2 nitrogen and oxygen atoms in total. The van der Waals surface area contributed by atoms with Gasteiger partial charge in [-0.25, -0.2) is 0 Å². The number of hydrogen-bond donors (Lipinski definition) is 1. The highest BCUT2D eigenvalue weighted by atomic mass is 16.3. The van der Waals surface area contributed by atoms with Crippen LogP contribution in [0.4, 0.5) is 0 Å². The van der Waals surface area contributed by atoms with Crippen LogP contribution in [0.3, 0.4) is 0 Å². The van der Waals surface area contributed by atoms with Crippen LogP contribution in [0.1, 0.15) is 31.2 Å². The average molecular weight is 192 g/mol. The first-order valence-corrected chi connectivity index (χ1v) is 5.51. The van der Waals surface area contributed by atoms with Gasteiger partial charge < -0.3 is 9.52 Å². The van der Waals surface area contributed by atoms with Crippen LogP contribution < -0.4 is 0 Å². The van der Waals surface area contributed by atoms with Crippen molar-refractivity contribution in [3.05, 3.63) is 24.2 Å². The molecule has 0 aromatic carbocycles. The minimum Gasteiger partial charge on any atom is -0.472 e. The van der Waals surface area contributed by atoms with E-state index in [0.29, 0.717) is 5.92 Å². The number of fused-ring (bicyclic) bond motifs is 1. The van der Waals surface area contributed by atoms with Crippen LogP contribution in [0.5, 0.6) is 0 Å². The van der Waals surface area contributed by atoms with Crippen LogP contribution in [0, 0.1) is 11.8 Å². The molecule has 76 valence electrons. The fourth-order valence-electron chi connectivity index (χ4n) is 3.05. The smallest absolute Gasteiger partial charge is 0.0935 e. The summed E-state index contributed by atoms with van der Waals surface area (Å²) in [5.41, 5.74) is 0.715. The maximum Gasteiger partial charge on any atom is 0.0935 e. The Hall–Kier alpha value is -0.760. The number of rotatable bonds is 2. The van der Waals surface area contributed by atoms with Gasteiger partial charge in [0.05, 0.1) is 18.1 Å². The zero-order valence-corrected chi connectivity index (χ0v) is 8.28. The average Bonchev–Trinajstić information content (AvgIpc) is 2.80. The predicted molar refractivity (Wildman–Crippen MR) is 52.8 cm³/mol. The maximum atomic E-state index is 10.5. The van der Waals surface area contributed by atoms with Crippen molar-refractivity contribution in [2.75, 3.05) is 0 Å². The fraction of sp³-hybridized carbons (Fsp3) is 0.667. The Balaban J connectivity index is 1.76. The minimum atomic E-state index is -0.424. The van der Waals surface area contributed by atoms with E-state index in [1.807, 2.05) is 6.07 Å². The zero-order chi connectivity index (χ0) is 9.60. The van der Waals surface area contributed by atoms with Gasteiger partial charge >= 0.3 is 0 Å². The SMILES string of the molecule is OC1(Cc2ccoc2)CCCC2CC21. The van der Waals surface area contributed by atoms with Crippen LogP contribution in [-0.2, 0) is 6.42 Å². The summed E-state index contributed by atoms with van der Waals surface area (Å²) in [6.07, 6.45) is 8.96. The summed E-state index contributed by atoms with van der Waals surface area (Å²) in [5, 5.41) is 10.5. The molecule has 1 aromatic heterocycles. The van der Waals surface area contributed by atoms with Crippen molar-refractivity contribution in [1.29, 1.82) is 0 Å². The summed E-state index contributed by atoms with van der Waals surface area (Å²) in [6, 6.07) is 1.96. The molecule has 0 aliphatic heterocycles. The highest BCUT2D eigenvalue weighted by Crippen LogP contribution is 2.55. The molecular weight excluding hydrogens is 176 g/mol. The molecule has 0 saturated heterocycles. The largest absolute Gasteiger partial charge is 0.472 e. The van der Waals surface area contributed by atoms with Gasteiger partial charge in [0.2, 0.25) is 0 Å². The molecule has 1 N–H and O–H groups in total. The van der Waals surface area contributed by atoms with Crippen molar-refractivity contribution in [2.45, 2.75) is 37.7 Å². The molecule has 1 heterocycles. The summed E-state index contributed by atoms with van der Waals surface area (Å²) >= 11 is 0. The Labute approximate surface area is 83.9 Å². The lowest BCUT2D eigenvalue weighted by atomic mass is 9.80. The van der Waals surface area contributed by atoms with Gasteiger partial charge in [0.25, 0.3) is 0 Å². The van der Waals surface area contributed by atoms with Crippen LogP contribution in [0.25, 0.3) is 0 Å². The van der Waals surface area contributed by atoms with Crippen LogP contribution >= 0.6 is 0 Å². The Morgan fingerprint density at radius 2 is 2.50 bits per heavy atom. The molecule has 3 unspecified atom stereocenters. The first-order valence-electron chi connectivity index (χ1n) is 5.51. The second kappa shape index (κ2) is 2.86. The molecule has 0 bridgehead atoms. The molecule has 2 aliphatic carbocycles. The van der Waals surface area contributed by atoms with E-state index in [0.717, 1.165) is 24.3 Å². The van der Waals surface area contributed by atoms with E-state index in [2.05, 4.69) is 0 Å². The van der Waals surface area contributed by atoms with E-state index in [4.69, 9.17) is 4.42 Å². The van der Waals surface area contributed by atoms with Crippen molar-refractivity contribution >= 4 is 0 Å². The molecule has 0 radical (unpaired) electrons. The second-order valence-electron chi connectivity index (χ2n) is 4.91. The third-order valence-electron chi connectivity index (χ3n) is 3.89. The molecular formula is C12H16O2. The lowest BCUT2D eigenvalue weighted by Gasteiger charge is -2.31. The first-order chi connectivity index (χ1) is 6.78. The van der Waals surface area contributed by atoms with Crippen LogP contribution in [0.2, 0.25) is 0 Å². The van der Waals surface area contributed by atoms with E-state index in [1.54, 1.807) is 12.5 Å². The Morgan fingerprint density at radius 3 is 3.29 bits per heavy atom. The first kappa shape index (κ1) is 8.54. The highest BCUT2D eigenvalue weighted by Gasteiger charge is 2.53. The molecule has 3 atom stereocenters. The normalized spacial score (nSPS) is 40.6. The fourth-order valence-corrected chi connectivity index (χ4v) is 3.05. The van der Waals surface area contributed by atoms with Gasteiger partial charge in [0, 0.05) is 6.42 Å². The molecule has 2 saturated carbocycles. The van der Waals surface area contributed by atoms with Gasteiger partial charge in [-0.2, -0.15) is 0 Å². The number of furan rings is 1. The number of hydrogen-bond acceptors (Lipinski definition) is 2. The standard InChI is InChI=1S/C12H16O2/c13-12(7-9-3-5-14-8-9)4-1-2-10-6-11(10)12/h3,5,8,10-11,13H,1-2,4,6-7H2. The molecule has 2 fully saturated rings. The lowest BCUT2D eigenvalue weighted by molar-refractivity contribution is -0.0105. The van der Waals surface area contributed by atoms with Gasteiger partial charge in [-0.15, -0.1) is 0 Å². The molecule has 3 rings (SSSR count). The summed E-state index contributed by atoms with van der Waals surface area (Å²) in [4.78, 5) is 0. The van der Waals surface area contributed by atoms with Gasteiger partial charge in [-0.1, -0.05) is 6.42 Å². The molecule has 2 aliphatic rings. The van der Waals surface area contributed by atoms with Gasteiger partial charge in [-0.05, 0) is 42.7 Å². The van der Waals surface area contributed by atoms with Crippen molar-refractivity contribution in [3.8, 4) is 0 Å². The van der Waals surface area contributed by atoms with Crippen molar-refractivity contribution in [2.24, 2.45) is 11.8 Å². The molecule has 0 spiro atoms. The van der Waals surface area contributed by atoms with E-state index in [1.165, 1.54) is 19.3 Å². The summed E-state index contributed by atoms with van der Waals surface area (Å²) < 4.78 is 5.04. The van der Waals surface area contributed by atoms with Crippen LogP contribution in [-0.4, -0.2) is 10.7 Å². The molecule has 1 aromatic rings. The van der Waals surface area contributed by atoms with Crippen LogP contribution in [0.15, 0.2) is 23.0 Å². The van der Waals surface area contributed by atoms with E-state index >= 15 is 0 Å². The number of aliphatic hydroxyl groups is 1. The lowest BCUT2D eigenvalue weighted by Crippen LogP contribution is -2.36. The quantitative estimate of drug-likeness (QED) is 0.780. The highest BCUT2D eigenvalue weighted by molar-refractivity contribution is 5.14. The van der Waals surface area contributed by atoms with E-state index < -0.39 is 5.60 Å². The summed E-state index contributed by atoms with van der Waals surface area (Å²) in [5.74, 6) is 1.40. The van der Waals surface area contributed by atoms with Crippen molar-refractivity contribution in [3.63, 3.8) is 0 Å².